The summed E-state index contributed by atoms with van der Waals surface area (Å²) in [6, 6.07) is 6.09. The van der Waals surface area contributed by atoms with Crippen LogP contribution in [0.1, 0.15) is 30.9 Å². The third-order valence-electron chi connectivity index (χ3n) is 3.86. The zero-order chi connectivity index (χ0) is 13.9. The van der Waals surface area contributed by atoms with Crippen molar-refractivity contribution in [1.82, 2.24) is 5.32 Å². The Bertz CT molecular complexity index is 472. The van der Waals surface area contributed by atoms with Crippen molar-refractivity contribution in [3.63, 3.8) is 0 Å². The van der Waals surface area contributed by atoms with E-state index >= 15 is 0 Å². The van der Waals surface area contributed by atoms with Gasteiger partial charge in [0, 0.05) is 5.54 Å². The van der Waals surface area contributed by atoms with E-state index in [-0.39, 0.29) is 12.0 Å². The Hall–Kier alpha value is -1.55. The SMILES string of the molecule is CCNC1(CC(=O)O)CCc2ccc(OC)cc2C1. The van der Waals surface area contributed by atoms with Crippen LogP contribution in [0.25, 0.3) is 0 Å². The topological polar surface area (TPSA) is 58.6 Å². The van der Waals surface area contributed by atoms with Crippen LogP contribution in [-0.4, -0.2) is 30.3 Å². The van der Waals surface area contributed by atoms with Gasteiger partial charge in [-0.1, -0.05) is 13.0 Å². The number of carboxylic acid groups (broad SMARTS) is 1. The third kappa shape index (κ3) is 3.07. The highest BCUT2D eigenvalue weighted by Gasteiger charge is 2.35. The van der Waals surface area contributed by atoms with Crippen LogP contribution < -0.4 is 10.1 Å². The van der Waals surface area contributed by atoms with E-state index in [2.05, 4.69) is 11.4 Å². The molecule has 0 amide bonds. The smallest absolute Gasteiger partial charge is 0.305 e. The molecular formula is C15H21NO3. The molecule has 0 fully saturated rings. The molecule has 19 heavy (non-hydrogen) atoms. The zero-order valence-corrected chi connectivity index (χ0v) is 11.5. The first-order valence-electron chi connectivity index (χ1n) is 6.71. The van der Waals surface area contributed by atoms with Gasteiger partial charge in [-0.05, 0) is 49.1 Å². The second-order valence-corrected chi connectivity index (χ2v) is 5.19. The summed E-state index contributed by atoms with van der Waals surface area (Å²) in [5.74, 6) is 0.0914. The summed E-state index contributed by atoms with van der Waals surface area (Å²) in [5.41, 5.74) is 2.19. The molecule has 1 atom stereocenters. The first-order valence-corrected chi connectivity index (χ1v) is 6.71. The van der Waals surface area contributed by atoms with E-state index < -0.39 is 5.97 Å². The molecule has 0 saturated carbocycles. The minimum Gasteiger partial charge on any atom is -0.497 e. The van der Waals surface area contributed by atoms with Crippen molar-refractivity contribution in [3.05, 3.63) is 29.3 Å². The van der Waals surface area contributed by atoms with E-state index in [1.165, 1.54) is 11.1 Å². The molecule has 4 nitrogen and oxygen atoms in total. The van der Waals surface area contributed by atoms with Gasteiger partial charge < -0.3 is 15.2 Å². The van der Waals surface area contributed by atoms with Crippen molar-refractivity contribution in [2.45, 2.75) is 38.1 Å². The second kappa shape index (κ2) is 5.61. The second-order valence-electron chi connectivity index (χ2n) is 5.19. The van der Waals surface area contributed by atoms with Crippen LogP contribution in [0.4, 0.5) is 0 Å². The average molecular weight is 263 g/mol. The molecule has 0 saturated heterocycles. The Kier molecular flexibility index (Phi) is 4.10. The molecule has 2 N–H and O–H groups in total. The zero-order valence-electron chi connectivity index (χ0n) is 11.5. The summed E-state index contributed by atoms with van der Waals surface area (Å²) in [5, 5.41) is 12.5. The largest absolute Gasteiger partial charge is 0.497 e. The summed E-state index contributed by atoms with van der Waals surface area (Å²) >= 11 is 0. The van der Waals surface area contributed by atoms with Crippen molar-refractivity contribution in [2.24, 2.45) is 0 Å². The fourth-order valence-electron chi connectivity index (χ4n) is 2.99. The van der Waals surface area contributed by atoms with Crippen molar-refractivity contribution >= 4 is 5.97 Å². The van der Waals surface area contributed by atoms with Crippen LogP contribution in [0.3, 0.4) is 0 Å². The van der Waals surface area contributed by atoms with Gasteiger partial charge in [0.25, 0.3) is 0 Å². The predicted octanol–water partition coefficient (Wildman–Crippen LogP) is 2.01. The molecule has 0 bridgehead atoms. The van der Waals surface area contributed by atoms with Crippen molar-refractivity contribution < 1.29 is 14.6 Å². The van der Waals surface area contributed by atoms with E-state index in [0.29, 0.717) is 0 Å². The number of ether oxygens (including phenoxy) is 1. The maximum Gasteiger partial charge on any atom is 0.305 e. The van der Waals surface area contributed by atoms with Gasteiger partial charge in [-0.3, -0.25) is 4.79 Å². The minimum atomic E-state index is -0.743. The first kappa shape index (κ1) is 13.9. The Balaban J connectivity index is 2.28. The Morgan fingerprint density at radius 1 is 1.47 bits per heavy atom. The summed E-state index contributed by atoms with van der Waals surface area (Å²) < 4.78 is 5.25. The number of hydrogen-bond donors (Lipinski definition) is 2. The van der Waals surface area contributed by atoms with Gasteiger partial charge in [0.05, 0.1) is 13.5 Å². The fraction of sp³-hybridized carbons (Fsp3) is 0.533. The number of carbonyl (C=O) groups is 1. The molecule has 0 aromatic heterocycles. The van der Waals surface area contributed by atoms with Crippen LogP contribution in [0.15, 0.2) is 18.2 Å². The maximum absolute atomic E-state index is 11.1. The van der Waals surface area contributed by atoms with Crippen LogP contribution in [-0.2, 0) is 17.6 Å². The highest BCUT2D eigenvalue weighted by atomic mass is 16.5. The van der Waals surface area contributed by atoms with Crippen molar-refractivity contribution in [3.8, 4) is 5.75 Å². The molecule has 0 heterocycles. The van der Waals surface area contributed by atoms with Crippen LogP contribution in [0.5, 0.6) is 5.75 Å². The quantitative estimate of drug-likeness (QED) is 0.853. The number of hydrogen-bond acceptors (Lipinski definition) is 3. The van der Waals surface area contributed by atoms with Crippen LogP contribution in [0, 0.1) is 0 Å². The Morgan fingerprint density at radius 2 is 2.26 bits per heavy atom. The monoisotopic (exact) mass is 263 g/mol. The Labute approximate surface area is 113 Å². The lowest BCUT2D eigenvalue weighted by Gasteiger charge is -2.38. The molecule has 0 aliphatic heterocycles. The number of rotatable bonds is 5. The van der Waals surface area contributed by atoms with Gasteiger partial charge in [-0.25, -0.2) is 0 Å². The number of aliphatic carboxylic acids is 1. The van der Waals surface area contributed by atoms with E-state index in [9.17, 15) is 4.79 Å². The molecular weight excluding hydrogens is 242 g/mol. The van der Waals surface area contributed by atoms with Crippen molar-refractivity contribution in [1.29, 1.82) is 0 Å². The molecule has 1 aromatic carbocycles. The lowest BCUT2D eigenvalue weighted by molar-refractivity contribution is -0.138. The minimum absolute atomic E-state index is 0.164. The number of benzene rings is 1. The summed E-state index contributed by atoms with van der Waals surface area (Å²) in [7, 11) is 1.65. The van der Waals surface area contributed by atoms with Gasteiger partial charge in [0.2, 0.25) is 0 Å². The van der Waals surface area contributed by atoms with E-state index in [1.54, 1.807) is 7.11 Å². The van der Waals surface area contributed by atoms with Gasteiger partial charge in [-0.15, -0.1) is 0 Å². The number of likely N-dealkylation sites (N-methyl/N-ethyl adjacent to an activating group) is 1. The fourth-order valence-corrected chi connectivity index (χ4v) is 2.99. The average Bonchev–Trinajstić information content (AvgIpc) is 2.37. The normalized spacial score (nSPS) is 21.8. The Morgan fingerprint density at radius 3 is 2.89 bits per heavy atom. The first-order chi connectivity index (χ1) is 9.08. The molecule has 0 radical (unpaired) electrons. The van der Waals surface area contributed by atoms with Gasteiger partial charge >= 0.3 is 5.97 Å². The van der Waals surface area contributed by atoms with E-state index in [1.807, 2.05) is 19.1 Å². The third-order valence-corrected chi connectivity index (χ3v) is 3.86. The van der Waals surface area contributed by atoms with Crippen molar-refractivity contribution in [2.75, 3.05) is 13.7 Å². The van der Waals surface area contributed by atoms with E-state index in [4.69, 9.17) is 9.84 Å². The van der Waals surface area contributed by atoms with Gasteiger partial charge in [-0.2, -0.15) is 0 Å². The lowest BCUT2D eigenvalue weighted by Crippen LogP contribution is -2.50. The number of aryl methyl sites for hydroxylation is 1. The number of methoxy groups -OCH3 is 1. The highest BCUT2D eigenvalue weighted by Crippen LogP contribution is 2.33. The molecule has 0 spiro atoms. The molecule has 1 unspecified atom stereocenters. The standard InChI is InChI=1S/C15H21NO3/c1-3-16-15(10-14(17)18)7-6-11-4-5-13(19-2)8-12(11)9-15/h4-5,8,16H,3,6-7,9-10H2,1-2H3,(H,17,18). The molecule has 2 rings (SSSR count). The molecule has 1 aromatic rings. The number of carboxylic acids is 1. The molecule has 1 aliphatic rings. The van der Waals surface area contributed by atoms with Gasteiger partial charge in [0.1, 0.15) is 5.75 Å². The molecule has 104 valence electrons. The molecule has 4 heteroatoms. The predicted molar refractivity (Wildman–Crippen MR) is 73.7 cm³/mol. The van der Waals surface area contributed by atoms with E-state index in [0.717, 1.165) is 31.6 Å². The van der Waals surface area contributed by atoms with Gasteiger partial charge in [0.15, 0.2) is 0 Å². The number of fused-ring (bicyclic) bond motifs is 1. The number of nitrogens with one attached hydrogen (secondary N) is 1. The summed E-state index contributed by atoms with van der Waals surface area (Å²) in [4.78, 5) is 11.1. The molecule has 1 aliphatic carbocycles. The summed E-state index contributed by atoms with van der Waals surface area (Å²) in [6.45, 7) is 2.80. The maximum atomic E-state index is 11.1. The van der Waals surface area contributed by atoms with Crippen LogP contribution in [0.2, 0.25) is 0 Å². The van der Waals surface area contributed by atoms with Crippen LogP contribution >= 0.6 is 0 Å². The summed E-state index contributed by atoms with van der Waals surface area (Å²) in [6.07, 6.45) is 2.70. The highest BCUT2D eigenvalue weighted by molar-refractivity contribution is 5.68. The lowest BCUT2D eigenvalue weighted by atomic mass is 9.76.